The van der Waals surface area contributed by atoms with Crippen molar-refractivity contribution in [1.82, 2.24) is 15.0 Å². The number of amides is 1. The Labute approximate surface area is 187 Å². The number of methoxy groups -OCH3 is 1. The minimum absolute atomic E-state index is 0.0434. The molecule has 1 amide bonds. The predicted octanol–water partition coefficient (Wildman–Crippen LogP) is 4.91. The Balaban J connectivity index is 1.41. The van der Waals surface area contributed by atoms with E-state index in [4.69, 9.17) is 9.26 Å². The van der Waals surface area contributed by atoms with Crippen LogP contribution in [0.4, 0.5) is 0 Å². The van der Waals surface area contributed by atoms with Crippen LogP contribution in [0.25, 0.3) is 11.4 Å². The average molecular weight is 428 g/mol. The molecule has 6 nitrogen and oxygen atoms in total. The fourth-order valence-electron chi connectivity index (χ4n) is 3.43. The van der Waals surface area contributed by atoms with Crippen molar-refractivity contribution in [3.05, 3.63) is 102 Å². The molecule has 0 spiro atoms. The van der Waals surface area contributed by atoms with Gasteiger partial charge in [-0.15, -0.1) is 0 Å². The zero-order valence-electron chi connectivity index (χ0n) is 18.0. The molecule has 1 aromatic heterocycles. The van der Waals surface area contributed by atoms with Gasteiger partial charge in [-0.3, -0.25) is 4.79 Å². The molecule has 0 fully saturated rings. The highest BCUT2D eigenvalue weighted by Crippen LogP contribution is 2.20. The molecule has 0 radical (unpaired) electrons. The number of carbonyl (C=O) groups excluding carboxylic acids is 1. The minimum atomic E-state index is 0.0434. The van der Waals surface area contributed by atoms with Crippen LogP contribution in [0.15, 0.2) is 89.5 Å². The molecule has 4 aromatic rings. The minimum Gasteiger partial charge on any atom is -0.497 e. The van der Waals surface area contributed by atoms with E-state index in [-0.39, 0.29) is 5.91 Å². The Morgan fingerprint density at radius 1 is 0.875 bits per heavy atom. The largest absolute Gasteiger partial charge is 0.497 e. The van der Waals surface area contributed by atoms with Crippen LogP contribution < -0.4 is 4.74 Å². The van der Waals surface area contributed by atoms with Gasteiger partial charge in [0.1, 0.15) is 5.75 Å². The van der Waals surface area contributed by atoms with Crippen LogP contribution in [0.1, 0.15) is 23.4 Å². The lowest BCUT2D eigenvalue weighted by atomic mass is 10.1. The Morgan fingerprint density at radius 3 is 2.03 bits per heavy atom. The molecular weight excluding hydrogens is 402 g/mol. The highest BCUT2D eigenvalue weighted by molar-refractivity contribution is 5.76. The summed E-state index contributed by atoms with van der Waals surface area (Å²) in [5.41, 5.74) is 3.02. The molecule has 0 saturated heterocycles. The molecule has 4 rings (SSSR count). The highest BCUT2D eigenvalue weighted by atomic mass is 16.5. The monoisotopic (exact) mass is 427 g/mol. The van der Waals surface area contributed by atoms with Crippen LogP contribution in [0, 0.1) is 0 Å². The van der Waals surface area contributed by atoms with Gasteiger partial charge in [-0.25, -0.2) is 0 Å². The van der Waals surface area contributed by atoms with Gasteiger partial charge >= 0.3 is 0 Å². The summed E-state index contributed by atoms with van der Waals surface area (Å²) < 4.78 is 10.6. The lowest BCUT2D eigenvalue weighted by molar-refractivity contribution is -0.132. The number of aryl methyl sites for hydroxylation is 1. The second-order valence-corrected chi connectivity index (χ2v) is 7.46. The molecule has 0 aliphatic heterocycles. The summed E-state index contributed by atoms with van der Waals surface area (Å²) in [4.78, 5) is 19.4. The van der Waals surface area contributed by atoms with Crippen molar-refractivity contribution in [1.29, 1.82) is 0 Å². The van der Waals surface area contributed by atoms with Gasteiger partial charge < -0.3 is 14.2 Å². The predicted molar refractivity (Wildman–Crippen MR) is 122 cm³/mol. The topological polar surface area (TPSA) is 68.5 Å². The molecule has 32 heavy (non-hydrogen) atoms. The Morgan fingerprint density at radius 2 is 1.47 bits per heavy atom. The zero-order chi connectivity index (χ0) is 22.2. The van der Waals surface area contributed by atoms with Gasteiger partial charge in [-0.1, -0.05) is 65.8 Å². The van der Waals surface area contributed by atoms with E-state index in [1.165, 1.54) is 0 Å². The summed E-state index contributed by atoms with van der Waals surface area (Å²) in [5.74, 6) is 1.76. The number of rotatable bonds is 9. The van der Waals surface area contributed by atoms with Gasteiger partial charge in [-0.05, 0) is 35.4 Å². The van der Waals surface area contributed by atoms with E-state index in [1.54, 1.807) is 7.11 Å². The van der Waals surface area contributed by atoms with Gasteiger partial charge in [0.25, 0.3) is 0 Å². The zero-order valence-corrected chi connectivity index (χ0v) is 18.0. The Bertz CT molecular complexity index is 1080. The summed E-state index contributed by atoms with van der Waals surface area (Å²) in [5, 5.41) is 4.05. The Hall–Kier alpha value is -3.93. The number of hydrogen-bond acceptors (Lipinski definition) is 5. The van der Waals surface area contributed by atoms with Crippen LogP contribution in [0.3, 0.4) is 0 Å². The van der Waals surface area contributed by atoms with Crippen molar-refractivity contribution < 1.29 is 14.1 Å². The first-order valence-corrected chi connectivity index (χ1v) is 10.5. The van der Waals surface area contributed by atoms with Crippen molar-refractivity contribution in [2.75, 3.05) is 7.11 Å². The molecule has 162 valence electrons. The van der Waals surface area contributed by atoms with Crippen LogP contribution in [0.5, 0.6) is 5.75 Å². The number of nitrogens with zero attached hydrogens (tertiary/aromatic N) is 3. The third-order valence-electron chi connectivity index (χ3n) is 5.15. The molecule has 0 N–H and O–H groups in total. The number of carbonyl (C=O) groups is 1. The van der Waals surface area contributed by atoms with E-state index >= 15 is 0 Å². The normalized spacial score (nSPS) is 10.7. The molecule has 0 atom stereocenters. The third kappa shape index (κ3) is 5.60. The first-order chi connectivity index (χ1) is 15.7. The fourth-order valence-corrected chi connectivity index (χ4v) is 3.43. The Kier molecular flexibility index (Phi) is 6.92. The van der Waals surface area contributed by atoms with Gasteiger partial charge in [-0.2, -0.15) is 4.98 Å². The maximum Gasteiger partial charge on any atom is 0.227 e. The van der Waals surface area contributed by atoms with Crippen LogP contribution in [-0.2, 0) is 24.3 Å². The van der Waals surface area contributed by atoms with Crippen molar-refractivity contribution in [2.45, 2.75) is 25.9 Å². The number of hydrogen-bond donors (Lipinski definition) is 0. The maximum absolute atomic E-state index is 13.1. The number of benzene rings is 3. The molecular formula is C26H25N3O3. The summed E-state index contributed by atoms with van der Waals surface area (Å²) in [6, 6.07) is 27.5. The summed E-state index contributed by atoms with van der Waals surface area (Å²) in [6.45, 7) is 1.10. The molecule has 0 unspecified atom stereocenters. The second kappa shape index (κ2) is 10.4. The quantitative estimate of drug-likeness (QED) is 0.380. The lowest BCUT2D eigenvalue weighted by Gasteiger charge is -2.23. The smallest absolute Gasteiger partial charge is 0.227 e. The van der Waals surface area contributed by atoms with Gasteiger partial charge in [0.15, 0.2) is 0 Å². The van der Waals surface area contributed by atoms with Crippen molar-refractivity contribution in [3.63, 3.8) is 0 Å². The summed E-state index contributed by atoms with van der Waals surface area (Å²) >= 11 is 0. The first-order valence-electron chi connectivity index (χ1n) is 10.5. The van der Waals surface area contributed by atoms with Crippen LogP contribution in [0.2, 0.25) is 0 Å². The van der Waals surface area contributed by atoms with E-state index in [0.717, 1.165) is 22.4 Å². The molecule has 1 heterocycles. The maximum atomic E-state index is 13.1. The van der Waals surface area contributed by atoms with E-state index in [1.807, 2.05) is 89.8 Å². The average Bonchev–Trinajstić information content (AvgIpc) is 3.32. The van der Waals surface area contributed by atoms with Crippen molar-refractivity contribution in [2.24, 2.45) is 0 Å². The molecule has 0 saturated carbocycles. The van der Waals surface area contributed by atoms with E-state index in [9.17, 15) is 4.79 Å². The summed E-state index contributed by atoms with van der Waals surface area (Å²) in [7, 11) is 1.62. The first kappa shape index (κ1) is 21.3. The SMILES string of the molecule is COc1ccc(-c2noc(CCC(=O)N(Cc3ccccc3)Cc3ccccc3)n2)cc1. The van der Waals surface area contributed by atoms with Crippen LogP contribution in [-0.4, -0.2) is 28.1 Å². The third-order valence-corrected chi connectivity index (χ3v) is 5.15. The summed E-state index contributed by atoms with van der Waals surface area (Å²) in [6.07, 6.45) is 0.686. The molecule has 0 bridgehead atoms. The van der Waals surface area contributed by atoms with E-state index in [0.29, 0.717) is 37.6 Å². The van der Waals surface area contributed by atoms with Crippen molar-refractivity contribution >= 4 is 5.91 Å². The van der Waals surface area contributed by atoms with Gasteiger partial charge in [0.2, 0.25) is 17.6 Å². The van der Waals surface area contributed by atoms with Gasteiger partial charge in [0, 0.05) is 31.5 Å². The van der Waals surface area contributed by atoms with E-state index in [2.05, 4.69) is 10.1 Å². The molecule has 0 aliphatic rings. The molecule has 6 heteroatoms. The lowest BCUT2D eigenvalue weighted by Crippen LogP contribution is -2.30. The number of aromatic nitrogens is 2. The molecule has 3 aromatic carbocycles. The fraction of sp³-hybridized carbons (Fsp3) is 0.192. The number of ether oxygens (including phenoxy) is 1. The standard InChI is InChI=1S/C26H25N3O3/c1-31-23-14-12-22(13-15-23)26-27-24(32-28-26)16-17-25(30)29(18-20-8-4-2-5-9-20)19-21-10-6-3-7-11-21/h2-15H,16-19H2,1H3. The second-order valence-electron chi connectivity index (χ2n) is 7.46. The highest BCUT2D eigenvalue weighted by Gasteiger charge is 2.17. The van der Waals surface area contributed by atoms with Crippen LogP contribution >= 0.6 is 0 Å². The van der Waals surface area contributed by atoms with E-state index < -0.39 is 0 Å². The van der Waals surface area contributed by atoms with Gasteiger partial charge in [0.05, 0.1) is 7.11 Å². The van der Waals surface area contributed by atoms with Crippen molar-refractivity contribution in [3.8, 4) is 17.1 Å². The molecule has 0 aliphatic carbocycles.